The van der Waals surface area contributed by atoms with E-state index in [9.17, 15) is 0 Å². The van der Waals surface area contributed by atoms with Gasteiger partial charge >= 0.3 is 0 Å². The number of halogens is 1. The summed E-state index contributed by atoms with van der Waals surface area (Å²) in [7, 11) is 1.58. The standard InChI is InChI=1S/C12H10ClNO2/c1-16-11-5-3-9-6-8(7-14-15)2-4-10(9)12(11)13/h2-7,15H,1H3. The fourth-order valence-electron chi connectivity index (χ4n) is 1.59. The third-order valence-electron chi connectivity index (χ3n) is 2.37. The van der Waals surface area contributed by atoms with Crippen LogP contribution >= 0.6 is 11.6 Å². The van der Waals surface area contributed by atoms with Gasteiger partial charge in [0.1, 0.15) is 5.75 Å². The van der Waals surface area contributed by atoms with Crippen molar-refractivity contribution in [1.29, 1.82) is 0 Å². The van der Waals surface area contributed by atoms with Gasteiger partial charge in [0.2, 0.25) is 0 Å². The molecule has 0 aromatic heterocycles. The number of benzene rings is 2. The van der Waals surface area contributed by atoms with E-state index in [4.69, 9.17) is 21.5 Å². The summed E-state index contributed by atoms with van der Waals surface area (Å²) < 4.78 is 5.13. The van der Waals surface area contributed by atoms with Gasteiger partial charge in [-0.3, -0.25) is 0 Å². The second kappa shape index (κ2) is 4.41. The summed E-state index contributed by atoms with van der Waals surface area (Å²) in [6.07, 6.45) is 1.37. The van der Waals surface area contributed by atoms with Gasteiger partial charge in [-0.05, 0) is 23.1 Å². The van der Waals surface area contributed by atoms with E-state index in [-0.39, 0.29) is 0 Å². The molecule has 0 spiro atoms. The molecule has 2 aromatic rings. The predicted octanol–water partition coefficient (Wildman–Crippen LogP) is 3.31. The molecule has 0 aliphatic carbocycles. The molecule has 0 heterocycles. The monoisotopic (exact) mass is 235 g/mol. The third-order valence-corrected chi connectivity index (χ3v) is 2.76. The normalized spacial score (nSPS) is 11.1. The zero-order valence-electron chi connectivity index (χ0n) is 8.64. The average Bonchev–Trinajstić information content (AvgIpc) is 2.30. The summed E-state index contributed by atoms with van der Waals surface area (Å²) >= 11 is 6.16. The molecule has 82 valence electrons. The van der Waals surface area contributed by atoms with Crippen LogP contribution in [0.25, 0.3) is 10.8 Å². The lowest BCUT2D eigenvalue weighted by molar-refractivity contribution is 0.322. The first-order valence-corrected chi connectivity index (χ1v) is 5.07. The van der Waals surface area contributed by atoms with Crippen LogP contribution < -0.4 is 4.74 Å². The lowest BCUT2D eigenvalue weighted by Gasteiger charge is -2.06. The number of ether oxygens (including phenoxy) is 1. The lowest BCUT2D eigenvalue weighted by atomic mass is 10.1. The first-order valence-electron chi connectivity index (χ1n) is 4.70. The lowest BCUT2D eigenvalue weighted by Crippen LogP contribution is -1.86. The van der Waals surface area contributed by atoms with Gasteiger partial charge in [0.05, 0.1) is 18.3 Å². The van der Waals surface area contributed by atoms with E-state index in [2.05, 4.69) is 5.16 Å². The van der Waals surface area contributed by atoms with Crippen molar-refractivity contribution in [3.8, 4) is 5.75 Å². The smallest absolute Gasteiger partial charge is 0.138 e. The highest BCUT2D eigenvalue weighted by Crippen LogP contribution is 2.32. The molecule has 0 unspecified atom stereocenters. The van der Waals surface area contributed by atoms with Crippen molar-refractivity contribution in [2.24, 2.45) is 5.16 Å². The van der Waals surface area contributed by atoms with E-state index < -0.39 is 0 Å². The molecule has 0 saturated heterocycles. The Bertz CT molecular complexity index is 552. The zero-order valence-corrected chi connectivity index (χ0v) is 9.40. The average molecular weight is 236 g/mol. The first-order chi connectivity index (χ1) is 7.76. The molecule has 0 fully saturated rings. The van der Waals surface area contributed by atoms with Gasteiger partial charge in [0, 0.05) is 5.39 Å². The van der Waals surface area contributed by atoms with Crippen molar-refractivity contribution in [2.45, 2.75) is 0 Å². The van der Waals surface area contributed by atoms with Crippen LogP contribution in [-0.2, 0) is 0 Å². The molecule has 2 aromatic carbocycles. The molecule has 4 heteroatoms. The Kier molecular flexibility index (Phi) is 2.97. The predicted molar refractivity (Wildman–Crippen MR) is 64.9 cm³/mol. The molecule has 0 aliphatic rings. The minimum atomic E-state index is 0.590. The van der Waals surface area contributed by atoms with Crippen molar-refractivity contribution in [3.05, 3.63) is 40.9 Å². The van der Waals surface area contributed by atoms with Crippen LogP contribution in [0.15, 0.2) is 35.5 Å². The van der Waals surface area contributed by atoms with Crippen LogP contribution in [-0.4, -0.2) is 18.5 Å². The number of methoxy groups -OCH3 is 1. The topological polar surface area (TPSA) is 41.8 Å². The fraction of sp³-hybridized carbons (Fsp3) is 0.0833. The second-order valence-electron chi connectivity index (χ2n) is 3.31. The third kappa shape index (κ3) is 1.82. The fourth-order valence-corrected chi connectivity index (χ4v) is 1.91. The molecular weight excluding hydrogens is 226 g/mol. The highest BCUT2D eigenvalue weighted by atomic mass is 35.5. The highest BCUT2D eigenvalue weighted by molar-refractivity contribution is 6.37. The molecule has 16 heavy (non-hydrogen) atoms. The molecule has 0 aliphatic heterocycles. The van der Waals surface area contributed by atoms with Gasteiger partial charge in [0.25, 0.3) is 0 Å². The summed E-state index contributed by atoms with van der Waals surface area (Å²) in [5.41, 5.74) is 0.816. The summed E-state index contributed by atoms with van der Waals surface area (Å²) in [6.45, 7) is 0. The van der Waals surface area contributed by atoms with Gasteiger partial charge in [-0.25, -0.2) is 0 Å². The number of fused-ring (bicyclic) bond motifs is 1. The minimum Gasteiger partial charge on any atom is -0.495 e. The maximum absolute atomic E-state index is 8.45. The number of hydrogen-bond acceptors (Lipinski definition) is 3. The Morgan fingerprint density at radius 2 is 2.12 bits per heavy atom. The molecule has 2 rings (SSSR count). The van der Waals surface area contributed by atoms with E-state index >= 15 is 0 Å². The van der Waals surface area contributed by atoms with Crippen molar-refractivity contribution in [1.82, 2.24) is 0 Å². The van der Waals surface area contributed by atoms with Gasteiger partial charge in [-0.2, -0.15) is 0 Å². The Hall–Kier alpha value is -1.74. The van der Waals surface area contributed by atoms with E-state index in [1.165, 1.54) is 6.21 Å². The van der Waals surface area contributed by atoms with Crippen molar-refractivity contribution >= 4 is 28.6 Å². The van der Waals surface area contributed by atoms with Gasteiger partial charge < -0.3 is 9.94 Å². The van der Waals surface area contributed by atoms with Crippen LogP contribution in [0.5, 0.6) is 5.75 Å². The highest BCUT2D eigenvalue weighted by Gasteiger charge is 2.05. The van der Waals surface area contributed by atoms with Crippen molar-refractivity contribution in [2.75, 3.05) is 7.11 Å². The summed E-state index contributed by atoms with van der Waals surface area (Å²) in [5.74, 6) is 0.651. The van der Waals surface area contributed by atoms with Crippen molar-refractivity contribution in [3.63, 3.8) is 0 Å². The van der Waals surface area contributed by atoms with Gasteiger partial charge in [-0.1, -0.05) is 35.0 Å². The van der Waals surface area contributed by atoms with Crippen LogP contribution in [0, 0.1) is 0 Å². The van der Waals surface area contributed by atoms with E-state index in [1.807, 2.05) is 30.3 Å². The molecule has 1 N–H and O–H groups in total. The minimum absolute atomic E-state index is 0.590. The van der Waals surface area contributed by atoms with Crippen LogP contribution in [0.2, 0.25) is 5.02 Å². The Balaban J connectivity index is 2.65. The largest absolute Gasteiger partial charge is 0.495 e. The Morgan fingerprint density at radius 3 is 2.81 bits per heavy atom. The van der Waals surface area contributed by atoms with Gasteiger partial charge in [-0.15, -0.1) is 0 Å². The number of rotatable bonds is 2. The molecule has 0 amide bonds. The maximum Gasteiger partial charge on any atom is 0.138 e. The van der Waals surface area contributed by atoms with Crippen LogP contribution in [0.1, 0.15) is 5.56 Å². The SMILES string of the molecule is COc1ccc2cc(C=NO)ccc2c1Cl. The molecular formula is C12H10ClNO2. The summed E-state index contributed by atoms with van der Waals surface area (Å²) in [4.78, 5) is 0. The molecule has 0 atom stereocenters. The maximum atomic E-state index is 8.45. The summed E-state index contributed by atoms with van der Waals surface area (Å²) in [6, 6.07) is 9.31. The molecule has 3 nitrogen and oxygen atoms in total. The van der Waals surface area contributed by atoms with Crippen LogP contribution in [0.4, 0.5) is 0 Å². The quantitative estimate of drug-likeness (QED) is 0.493. The first kappa shape index (κ1) is 10.8. The molecule has 0 saturated carbocycles. The number of nitrogens with zero attached hydrogens (tertiary/aromatic N) is 1. The summed E-state index contributed by atoms with van der Waals surface area (Å²) in [5, 5.41) is 13.9. The zero-order chi connectivity index (χ0) is 11.5. The Labute approximate surface area is 97.9 Å². The van der Waals surface area contributed by atoms with E-state index in [1.54, 1.807) is 7.11 Å². The van der Waals surface area contributed by atoms with E-state index in [0.717, 1.165) is 16.3 Å². The van der Waals surface area contributed by atoms with Crippen molar-refractivity contribution < 1.29 is 9.94 Å². The number of hydrogen-bond donors (Lipinski definition) is 1. The second-order valence-corrected chi connectivity index (χ2v) is 3.68. The number of oxime groups is 1. The van der Waals surface area contributed by atoms with E-state index in [0.29, 0.717) is 10.8 Å². The molecule has 0 bridgehead atoms. The van der Waals surface area contributed by atoms with Gasteiger partial charge in [0.15, 0.2) is 0 Å². The molecule has 0 radical (unpaired) electrons. The van der Waals surface area contributed by atoms with Crippen LogP contribution in [0.3, 0.4) is 0 Å². The Morgan fingerprint density at radius 1 is 1.31 bits per heavy atom.